The third kappa shape index (κ3) is 5.49. The number of rotatable bonds is 7. The van der Waals surface area contributed by atoms with Gasteiger partial charge in [0.15, 0.2) is 0 Å². The molecule has 2 aromatic rings. The summed E-state index contributed by atoms with van der Waals surface area (Å²) in [6.07, 6.45) is 1.57. The summed E-state index contributed by atoms with van der Waals surface area (Å²) in [4.78, 5) is 26.7. The number of carbonyl (C=O) groups excluding carboxylic acids is 2. The molecule has 1 atom stereocenters. The first-order chi connectivity index (χ1) is 12.4. The third-order valence-electron chi connectivity index (χ3n) is 3.84. The van der Waals surface area contributed by atoms with Crippen LogP contribution >= 0.6 is 0 Å². The van der Waals surface area contributed by atoms with Crippen LogP contribution in [0.25, 0.3) is 0 Å². The third-order valence-corrected chi connectivity index (χ3v) is 4.78. The number of likely N-dealkylation sites (N-methyl/N-ethyl adjacent to an activating group) is 1. The molecular formula is C19H21FN2O3S. The number of halogens is 1. The lowest BCUT2D eigenvalue weighted by Crippen LogP contribution is -2.40. The molecule has 0 spiro atoms. The normalized spacial score (nSPS) is 11.7. The molecule has 2 rings (SSSR count). The number of nitrogens with zero attached hydrogens (tertiary/aromatic N) is 1. The van der Waals surface area contributed by atoms with Gasteiger partial charge in [-0.25, -0.2) is 4.39 Å². The highest BCUT2D eigenvalue weighted by molar-refractivity contribution is 7.84. The van der Waals surface area contributed by atoms with Gasteiger partial charge in [-0.05, 0) is 48.9 Å². The molecule has 0 fully saturated rings. The second-order valence-corrected chi connectivity index (χ2v) is 7.08. The van der Waals surface area contributed by atoms with Crippen molar-refractivity contribution in [1.29, 1.82) is 0 Å². The number of hydrogen-bond acceptors (Lipinski definition) is 3. The molecule has 0 aliphatic carbocycles. The molecule has 2 amide bonds. The van der Waals surface area contributed by atoms with Crippen molar-refractivity contribution in [2.45, 2.75) is 18.4 Å². The van der Waals surface area contributed by atoms with Crippen LogP contribution in [0.15, 0.2) is 53.4 Å². The fraction of sp³-hybridized carbons (Fsp3) is 0.263. The molecule has 0 heterocycles. The quantitative estimate of drug-likeness (QED) is 0.807. The van der Waals surface area contributed by atoms with Crippen molar-refractivity contribution in [1.82, 2.24) is 10.2 Å². The maximum absolute atomic E-state index is 12.9. The maximum atomic E-state index is 12.9. The highest BCUT2D eigenvalue weighted by atomic mass is 32.2. The number of carbonyl (C=O) groups is 2. The minimum Gasteiger partial charge on any atom is -0.350 e. The van der Waals surface area contributed by atoms with E-state index in [4.69, 9.17) is 0 Å². The Morgan fingerprint density at radius 3 is 2.23 bits per heavy atom. The van der Waals surface area contributed by atoms with Crippen LogP contribution in [-0.2, 0) is 22.1 Å². The summed E-state index contributed by atoms with van der Waals surface area (Å²) in [5.41, 5.74) is 1.21. The molecule has 0 aromatic heterocycles. The van der Waals surface area contributed by atoms with Crippen molar-refractivity contribution in [3.63, 3.8) is 0 Å². The van der Waals surface area contributed by atoms with Crippen molar-refractivity contribution in [2.75, 3.05) is 19.3 Å². The predicted octanol–water partition coefficient (Wildman–Crippen LogP) is 2.34. The molecule has 1 unspecified atom stereocenters. The van der Waals surface area contributed by atoms with Gasteiger partial charge >= 0.3 is 0 Å². The van der Waals surface area contributed by atoms with Crippen molar-refractivity contribution < 1.29 is 18.2 Å². The van der Waals surface area contributed by atoms with Gasteiger partial charge in [0.05, 0.1) is 6.54 Å². The number of hydrogen-bond donors (Lipinski definition) is 1. The lowest BCUT2D eigenvalue weighted by Gasteiger charge is -2.20. The van der Waals surface area contributed by atoms with Crippen LogP contribution < -0.4 is 5.32 Å². The zero-order valence-corrected chi connectivity index (χ0v) is 15.5. The van der Waals surface area contributed by atoms with Crippen molar-refractivity contribution in [3.05, 3.63) is 65.5 Å². The zero-order valence-electron chi connectivity index (χ0n) is 14.7. The van der Waals surface area contributed by atoms with E-state index in [-0.39, 0.29) is 30.7 Å². The molecule has 0 radical (unpaired) electrons. The molecule has 26 heavy (non-hydrogen) atoms. The van der Waals surface area contributed by atoms with Gasteiger partial charge in [0.25, 0.3) is 5.91 Å². The number of nitrogens with one attached hydrogen (secondary N) is 1. The number of amides is 2. The minimum absolute atomic E-state index is 0.0714. The van der Waals surface area contributed by atoms with Crippen LogP contribution in [0.2, 0.25) is 0 Å². The Morgan fingerprint density at radius 1 is 1.08 bits per heavy atom. The van der Waals surface area contributed by atoms with Gasteiger partial charge in [0, 0.05) is 40.6 Å². The zero-order chi connectivity index (χ0) is 19.1. The van der Waals surface area contributed by atoms with Gasteiger partial charge in [-0.1, -0.05) is 12.1 Å². The van der Waals surface area contributed by atoms with Crippen LogP contribution in [-0.4, -0.2) is 40.3 Å². The number of benzene rings is 2. The van der Waals surface area contributed by atoms with E-state index >= 15 is 0 Å². The van der Waals surface area contributed by atoms with Gasteiger partial charge < -0.3 is 10.2 Å². The van der Waals surface area contributed by atoms with E-state index in [0.717, 1.165) is 5.56 Å². The smallest absolute Gasteiger partial charge is 0.254 e. The van der Waals surface area contributed by atoms with E-state index < -0.39 is 10.8 Å². The van der Waals surface area contributed by atoms with Crippen LogP contribution in [0.1, 0.15) is 22.8 Å². The summed E-state index contributed by atoms with van der Waals surface area (Å²) < 4.78 is 24.3. The summed E-state index contributed by atoms with van der Waals surface area (Å²) in [5, 5.41) is 2.72. The first-order valence-corrected chi connectivity index (χ1v) is 9.70. The van der Waals surface area contributed by atoms with E-state index in [2.05, 4.69) is 5.32 Å². The summed E-state index contributed by atoms with van der Waals surface area (Å²) in [6.45, 7) is 2.37. The molecule has 0 saturated carbocycles. The molecule has 2 aromatic carbocycles. The predicted molar refractivity (Wildman–Crippen MR) is 98.6 cm³/mol. The topological polar surface area (TPSA) is 66.5 Å². The molecule has 1 N–H and O–H groups in total. The summed E-state index contributed by atoms with van der Waals surface area (Å²) in [6, 6.07) is 12.4. The van der Waals surface area contributed by atoms with Gasteiger partial charge in [-0.3, -0.25) is 13.8 Å². The molecule has 0 aliphatic heterocycles. The molecule has 0 aliphatic rings. The second-order valence-electron chi connectivity index (χ2n) is 5.70. The average molecular weight is 376 g/mol. The first-order valence-electron chi connectivity index (χ1n) is 8.14. The van der Waals surface area contributed by atoms with E-state index in [9.17, 15) is 18.2 Å². The maximum Gasteiger partial charge on any atom is 0.254 e. The van der Waals surface area contributed by atoms with E-state index in [0.29, 0.717) is 17.0 Å². The molecular weight excluding hydrogens is 355 g/mol. The molecule has 0 saturated heterocycles. The summed E-state index contributed by atoms with van der Waals surface area (Å²) in [7, 11) is -1.11. The Hall–Kier alpha value is -2.54. The SMILES string of the molecule is CCN(CC(=O)NCc1ccc(F)cc1)C(=O)c1ccc(S(C)=O)cc1. The largest absolute Gasteiger partial charge is 0.350 e. The van der Waals surface area contributed by atoms with Crippen LogP contribution in [0.4, 0.5) is 4.39 Å². The van der Waals surface area contributed by atoms with Crippen molar-refractivity contribution >= 4 is 22.6 Å². The van der Waals surface area contributed by atoms with Gasteiger partial charge in [-0.15, -0.1) is 0 Å². The Labute approximate surface area is 154 Å². The molecule has 138 valence electrons. The Morgan fingerprint density at radius 2 is 1.69 bits per heavy atom. The molecule has 5 nitrogen and oxygen atoms in total. The Kier molecular flexibility index (Phi) is 7.03. The highest BCUT2D eigenvalue weighted by Crippen LogP contribution is 2.10. The van der Waals surface area contributed by atoms with E-state index in [1.54, 1.807) is 49.6 Å². The summed E-state index contributed by atoms with van der Waals surface area (Å²) in [5.74, 6) is -0.894. The average Bonchev–Trinajstić information content (AvgIpc) is 2.65. The lowest BCUT2D eigenvalue weighted by atomic mass is 10.2. The fourth-order valence-corrected chi connectivity index (χ4v) is 2.85. The van der Waals surface area contributed by atoms with Crippen molar-refractivity contribution in [3.8, 4) is 0 Å². The Balaban J connectivity index is 1.94. The Bertz CT molecular complexity index is 791. The van der Waals surface area contributed by atoms with Crippen LogP contribution in [0, 0.1) is 5.82 Å². The van der Waals surface area contributed by atoms with Crippen molar-refractivity contribution in [2.24, 2.45) is 0 Å². The molecule has 7 heteroatoms. The summed E-state index contributed by atoms with van der Waals surface area (Å²) >= 11 is 0. The van der Waals surface area contributed by atoms with Crippen LogP contribution in [0.5, 0.6) is 0 Å². The second kappa shape index (κ2) is 9.24. The standard InChI is InChI=1S/C19H21FN2O3S/c1-3-22(19(24)15-6-10-17(11-7-15)26(2)25)13-18(23)21-12-14-4-8-16(20)9-5-14/h4-11H,3,12-13H2,1-2H3,(H,21,23). The van der Waals surface area contributed by atoms with Gasteiger partial charge in [0.2, 0.25) is 5.91 Å². The lowest BCUT2D eigenvalue weighted by molar-refractivity contribution is -0.121. The van der Waals surface area contributed by atoms with E-state index in [1.807, 2.05) is 0 Å². The van der Waals surface area contributed by atoms with Gasteiger partial charge in [0.1, 0.15) is 5.82 Å². The molecule has 0 bridgehead atoms. The highest BCUT2D eigenvalue weighted by Gasteiger charge is 2.17. The van der Waals surface area contributed by atoms with Gasteiger partial charge in [-0.2, -0.15) is 0 Å². The monoisotopic (exact) mass is 376 g/mol. The first kappa shape index (κ1) is 19.8. The fourth-order valence-electron chi connectivity index (χ4n) is 2.33. The van der Waals surface area contributed by atoms with Crippen LogP contribution in [0.3, 0.4) is 0 Å². The minimum atomic E-state index is -1.11. The van der Waals surface area contributed by atoms with E-state index in [1.165, 1.54) is 17.0 Å².